The van der Waals surface area contributed by atoms with Crippen molar-refractivity contribution in [2.75, 3.05) is 13.2 Å². The Morgan fingerprint density at radius 1 is 1.81 bits per heavy atom. The molecule has 2 atom stereocenters. The quantitative estimate of drug-likeness (QED) is 0.790. The van der Waals surface area contributed by atoms with Crippen LogP contribution in [-0.4, -0.2) is 36.2 Å². The molecule has 1 aliphatic heterocycles. The molecule has 1 saturated heterocycles. The topological polar surface area (TPSA) is 63.2 Å². The monoisotopic (exact) mass is 241 g/mol. The van der Waals surface area contributed by atoms with Gasteiger partial charge in [0.25, 0.3) is 0 Å². The molecule has 6 heteroatoms. The molecule has 88 valence electrons. The van der Waals surface area contributed by atoms with Crippen molar-refractivity contribution >= 4 is 17.2 Å². The second-order valence-corrected chi connectivity index (χ2v) is 4.42. The fraction of sp³-hybridized carbons (Fsp3) is 0.600. The third kappa shape index (κ3) is 2.78. The highest BCUT2D eigenvalue weighted by atomic mass is 32.1. The van der Waals surface area contributed by atoms with Gasteiger partial charge in [0.1, 0.15) is 6.04 Å². The number of ether oxygens (including phenoxy) is 1. The van der Waals surface area contributed by atoms with Gasteiger partial charge in [0.2, 0.25) is 5.91 Å². The van der Waals surface area contributed by atoms with E-state index in [1.807, 2.05) is 12.3 Å². The maximum atomic E-state index is 11.8. The fourth-order valence-corrected chi connectivity index (χ4v) is 2.20. The van der Waals surface area contributed by atoms with Gasteiger partial charge in [0.15, 0.2) is 0 Å². The van der Waals surface area contributed by atoms with E-state index in [0.29, 0.717) is 13.2 Å². The van der Waals surface area contributed by atoms with E-state index in [1.165, 1.54) is 11.3 Å². The van der Waals surface area contributed by atoms with Crippen molar-refractivity contribution in [1.29, 1.82) is 0 Å². The van der Waals surface area contributed by atoms with E-state index >= 15 is 0 Å². The predicted octanol–water partition coefficient (Wildman–Crippen LogP) is 0.136. The molecule has 0 saturated carbocycles. The summed E-state index contributed by atoms with van der Waals surface area (Å²) in [4.78, 5) is 15.9. The van der Waals surface area contributed by atoms with Gasteiger partial charge in [-0.05, 0) is 6.92 Å². The summed E-state index contributed by atoms with van der Waals surface area (Å²) in [6, 6.07) is -0.257. The molecule has 0 radical (unpaired) electrons. The van der Waals surface area contributed by atoms with Crippen LogP contribution in [0, 0.1) is 0 Å². The van der Waals surface area contributed by atoms with Crippen molar-refractivity contribution in [3.63, 3.8) is 0 Å². The van der Waals surface area contributed by atoms with Crippen LogP contribution in [0.1, 0.15) is 12.6 Å². The number of aromatic nitrogens is 1. The number of rotatable bonds is 3. The first-order valence-electron chi connectivity index (χ1n) is 5.27. The maximum Gasteiger partial charge on any atom is 0.240 e. The predicted molar refractivity (Wildman–Crippen MR) is 61.2 cm³/mol. The Bertz CT molecular complexity index is 342. The van der Waals surface area contributed by atoms with Crippen molar-refractivity contribution in [3.05, 3.63) is 16.6 Å². The van der Waals surface area contributed by atoms with Gasteiger partial charge in [0.05, 0.1) is 30.5 Å². The summed E-state index contributed by atoms with van der Waals surface area (Å²) in [7, 11) is 0. The number of nitrogens with zero attached hydrogens (tertiary/aromatic N) is 1. The Morgan fingerprint density at radius 3 is 3.38 bits per heavy atom. The van der Waals surface area contributed by atoms with Gasteiger partial charge in [-0.1, -0.05) is 0 Å². The maximum absolute atomic E-state index is 11.8. The van der Waals surface area contributed by atoms with Gasteiger partial charge in [-0.25, -0.2) is 4.98 Å². The Kier molecular flexibility index (Phi) is 3.87. The highest BCUT2D eigenvalue weighted by Crippen LogP contribution is 2.05. The van der Waals surface area contributed by atoms with Crippen LogP contribution in [-0.2, 0) is 16.1 Å². The van der Waals surface area contributed by atoms with Crippen LogP contribution >= 0.6 is 11.3 Å². The SMILES string of the molecule is C[C@H]1OCCN[C@@H]1C(=O)NCc1cscn1. The molecule has 0 spiro atoms. The molecule has 0 aliphatic carbocycles. The van der Waals surface area contributed by atoms with Gasteiger partial charge in [0, 0.05) is 11.9 Å². The summed E-state index contributed by atoms with van der Waals surface area (Å²) in [5.41, 5.74) is 2.65. The first-order chi connectivity index (χ1) is 7.77. The van der Waals surface area contributed by atoms with Crippen LogP contribution in [0.2, 0.25) is 0 Å². The molecular formula is C10H15N3O2S. The number of hydrogen-bond acceptors (Lipinski definition) is 5. The minimum Gasteiger partial charge on any atom is -0.375 e. The summed E-state index contributed by atoms with van der Waals surface area (Å²) in [5, 5.41) is 7.92. The number of amides is 1. The van der Waals surface area contributed by atoms with Crippen molar-refractivity contribution < 1.29 is 9.53 Å². The van der Waals surface area contributed by atoms with Crippen molar-refractivity contribution in [2.24, 2.45) is 0 Å². The zero-order valence-electron chi connectivity index (χ0n) is 9.10. The van der Waals surface area contributed by atoms with Gasteiger partial charge in [-0.15, -0.1) is 11.3 Å². The zero-order chi connectivity index (χ0) is 11.4. The van der Waals surface area contributed by atoms with E-state index in [0.717, 1.165) is 12.2 Å². The Hall–Kier alpha value is -0.980. The van der Waals surface area contributed by atoms with Crippen LogP contribution in [0.3, 0.4) is 0 Å². The van der Waals surface area contributed by atoms with Crippen molar-refractivity contribution in [3.8, 4) is 0 Å². The highest BCUT2D eigenvalue weighted by Gasteiger charge is 2.27. The zero-order valence-corrected chi connectivity index (χ0v) is 9.92. The number of carbonyl (C=O) groups excluding carboxylic acids is 1. The molecule has 16 heavy (non-hydrogen) atoms. The van der Waals surface area contributed by atoms with Crippen molar-refractivity contribution in [1.82, 2.24) is 15.6 Å². The fourth-order valence-electron chi connectivity index (χ4n) is 1.64. The van der Waals surface area contributed by atoms with E-state index in [9.17, 15) is 4.79 Å². The van der Waals surface area contributed by atoms with Gasteiger partial charge in [-0.3, -0.25) is 4.79 Å². The van der Waals surface area contributed by atoms with E-state index in [4.69, 9.17) is 4.74 Å². The van der Waals surface area contributed by atoms with Gasteiger partial charge < -0.3 is 15.4 Å². The molecular weight excluding hydrogens is 226 g/mol. The third-order valence-electron chi connectivity index (χ3n) is 2.53. The third-order valence-corrected chi connectivity index (χ3v) is 3.16. The van der Waals surface area contributed by atoms with E-state index in [-0.39, 0.29) is 18.1 Å². The standard InChI is InChI=1S/C10H15N3O2S/c1-7-9(11-2-3-15-7)10(14)12-4-8-5-16-6-13-8/h5-7,9,11H,2-4H2,1H3,(H,12,14)/t7-,9+/m1/s1. The largest absolute Gasteiger partial charge is 0.375 e. The number of nitrogens with one attached hydrogen (secondary N) is 2. The molecule has 2 rings (SSSR count). The molecule has 0 unspecified atom stereocenters. The summed E-state index contributed by atoms with van der Waals surface area (Å²) in [6.45, 7) is 3.77. The molecule has 2 N–H and O–H groups in total. The van der Waals surface area contributed by atoms with Crippen LogP contribution in [0.25, 0.3) is 0 Å². The first kappa shape index (κ1) is 11.5. The lowest BCUT2D eigenvalue weighted by atomic mass is 10.1. The molecule has 1 amide bonds. The van der Waals surface area contributed by atoms with E-state index < -0.39 is 0 Å². The van der Waals surface area contributed by atoms with Crippen LogP contribution in [0.4, 0.5) is 0 Å². The summed E-state index contributed by atoms with van der Waals surface area (Å²) in [5.74, 6) is -0.0276. The van der Waals surface area contributed by atoms with Gasteiger partial charge >= 0.3 is 0 Å². The van der Waals surface area contributed by atoms with E-state index in [2.05, 4.69) is 15.6 Å². The summed E-state index contributed by atoms with van der Waals surface area (Å²) < 4.78 is 5.41. The smallest absolute Gasteiger partial charge is 0.240 e. The average molecular weight is 241 g/mol. The minimum absolute atomic E-state index is 0.0276. The molecule has 1 aromatic rings. The Balaban J connectivity index is 1.83. The molecule has 5 nitrogen and oxygen atoms in total. The van der Waals surface area contributed by atoms with Crippen molar-refractivity contribution in [2.45, 2.75) is 25.6 Å². The lowest BCUT2D eigenvalue weighted by molar-refractivity contribution is -0.129. The molecule has 2 heterocycles. The molecule has 1 aromatic heterocycles. The number of carbonyl (C=O) groups is 1. The van der Waals surface area contributed by atoms with Crippen LogP contribution in [0.5, 0.6) is 0 Å². The minimum atomic E-state index is -0.257. The first-order valence-corrected chi connectivity index (χ1v) is 6.21. The summed E-state index contributed by atoms with van der Waals surface area (Å²) in [6.07, 6.45) is -0.0795. The molecule has 0 bridgehead atoms. The normalized spacial score (nSPS) is 25.3. The lowest BCUT2D eigenvalue weighted by Crippen LogP contribution is -2.55. The molecule has 1 fully saturated rings. The summed E-state index contributed by atoms with van der Waals surface area (Å²) >= 11 is 1.52. The van der Waals surface area contributed by atoms with E-state index in [1.54, 1.807) is 5.51 Å². The van der Waals surface area contributed by atoms with Crippen LogP contribution < -0.4 is 10.6 Å². The molecule has 0 aromatic carbocycles. The van der Waals surface area contributed by atoms with Crippen LogP contribution in [0.15, 0.2) is 10.9 Å². The number of morpholine rings is 1. The average Bonchev–Trinajstić information content (AvgIpc) is 2.79. The highest BCUT2D eigenvalue weighted by molar-refractivity contribution is 7.07. The number of hydrogen-bond donors (Lipinski definition) is 2. The second kappa shape index (κ2) is 5.38. The second-order valence-electron chi connectivity index (χ2n) is 3.71. The lowest BCUT2D eigenvalue weighted by Gasteiger charge is -2.29. The Labute approximate surface area is 98.2 Å². The Morgan fingerprint density at radius 2 is 2.69 bits per heavy atom. The van der Waals surface area contributed by atoms with Gasteiger partial charge in [-0.2, -0.15) is 0 Å². The number of thiazole rings is 1. The molecule has 1 aliphatic rings.